The minimum Gasteiger partial charge on any atom is -0.322 e. The number of anilines is 2. The van der Waals surface area contributed by atoms with Gasteiger partial charge in [-0.25, -0.2) is 8.42 Å². The molecule has 0 aliphatic carbocycles. The van der Waals surface area contributed by atoms with E-state index in [2.05, 4.69) is 11.9 Å². The highest BCUT2D eigenvalue weighted by molar-refractivity contribution is 7.93. The number of nitrogens with one attached hydrogen (secondary N) is 1. The van der Waals surface area contributed by atoms with Gasteiger partial charge in [0.2, 0.25) is 0 Å². The topological polar surface area (TPSA) is 66.5 Å². The molecular weight excluding hydrogens is 420 g/mol. The van der Waals surface area contributed by atoms with Gasteiger partial charge in [-0.05, 0) is 55.0 Å². The molecule has 30 heavy (non-hydrogen) atoms. The van der Waals surface area contributed by atoms with Crippen molar-refractivity contribution in [2.45, 2.75) is 11.8 Å². The highest BCUT2D eigenvalue weighted by Gasteiger charge is 2.34. The third-order valence-electron chi connectivity index (χ3n) is 5.00. The van der Waals surface area contributed by atoms with E-state index in [1.807, 2.05) is 6.92 Å². The Morgan fingerprint density at radius 3 is 2.60 bits per heavy atom. The maximum absolute atomic E-state index is 13.1. The Hall–Kier alpha value is -3.09. The molecule has 3 aromatic carbocycles. The summed E-state index contributed by atoms with van der Waals surface area (Å²) in [6.45, 7) is 5.68. The number of hydrogen-bond donors (Lipinski definition) is 1. The average molecular weight is 439 g/mol. The van der Waals surface area contributed by atoms with Gasteiger partial charge in [0.25, 0.3) is 15.9 Å². The van der Waals surface area contributed by atoms with Crippen LogP contribution in [0.25, 0.3) is 11.1 Å². The Balaban J connectivity index is 1.79. The van der Waals surface area contributed by atoms with Crippen molar-refractivity contribution in [1.82, 2.24) is 0 Å². The number of nitrogens with zero attached hydrogens (tertiary/aromatic N) is 1. The van der Waals surface area contributed by atoms with Crippen LogP contribution < -0.4 is 9.62 Å². The number of halogens is 1. The molecule has 0 fully saturated rings. The molecule has 5 nitrogen and oxygen atoms in total. The van der Waals surface area contributed by atoms with E-state index in [1.165, 1.54) is 4.31 Å². The first kappa shape index (κ1) is 20.2. The molecule has 4 rings (SSSR count). The van der Waals surface area contributed by atoms with Crippen LogP contribution in [0.15, 0.2) is 78.2 Å². The quantitative estimate of drug-likeness (QED) is 0.565. The monoisotopic (exact) mass is 438 g/mol. The number of carbonyl (C=O) groups excluding carboxylic acids is 1. The molecule has 1 aliphatic rings. The molecule has 0 atom stereocenters. The zero-order chi connectivity index (χ0) is 21.5. The molecule has 1 amide bonds. The SMILES string of the molecule is C=CCN1c2ccc(C(=O)Nc3ccc(Cl)cc3C)cc2-c2ccccc2S1(=O)=O. The number of benzene rings is 3. The number of sulfonamides is 1. The van der Waals surface area contributed by atoms with Crippen LogP contribution in [-0.4, -0.2) is 20.9 Å². The second-order valence-electron chi connectivity index (χ2n) is 6.97. The minimum absolute atomic E-state index is 0.138. The van der Waals surface area contributed by atoms with Gasteiger partial charge < -0.3 is 5.32 Å². The zero-order valence-corrected chi connectivity index (χ0v) is 17.8. The Morgan fingerprint density at radius 2 is 1.87 bits per heavy atom. The van der Waals surface area contributed by atoms with E-state index in [0.29, 0.717) is 33.1 Å². The van der Waals surface area contributed by atoms with Crippen molar-refractivity contribution in [2.75, 3.05) is 16.2 Å². The van der Waals surface area contributed by atoms with Crippen molar-refractivity contribution in [1.29, 1.82) is 0 Å². The average Bonchev–Trinajstić information content (AvgIpc) is 2.73. The van der Waals surface area contributed by atoms with Crippen LogP contribution >= 0.6 is 11.6 Å². The summed E-state index contributed by atoms with van der Waals surface area (Å²) in [5.74, 6) is -0.288. The highest BCUT2D eigenvalue weighted by atomic mass is 35.5. The summed E-state index contributed by atoms with van der Waals surface area (Å²) in [5, 5.41) is 3.49. The Labute approximate surface area is 180 Å². The van der Waals surface area contributed by atoms with Gasteiger partial charge in [-0.2, -0.15) is 0 Å². The van der Waals surface area contributed by atoms with Crippen LogP contribution in [0.2, 0.25) is 5.02 Å². The van der Waals surface area contributed by atoms with Crippen LogP contribution in [0.3, 0.4) is 0 Å². The van der Waals surface area contributed by atoms with Gasteiger partial charge >= 0.3 is 0 Å². The van der Waals surface area contributed by atoms with Crippen molar-refractivity contribution in [3.05, 3.63) is 89.5 Å². The molecule has 0 unspecified atom stereocenters. The molecule has 0 bridgehead atoms. The molecule has 7 heteroatoms. The summed E-state index contributed by atoms with van der Waals surface area (Å²) in [6.07, 6.45) is 1.54. The van der Waals surface area contributed by atoms with E-state index in [4.69, 9.17) is 11.6 Å². The molecular formula is C23H19ClN2O3S. The van der Waals surface area contributed by atoms with E-state index in [1.54, 1.807) is 66.7 Å². The lowest BCUT2D eigenvalue weighted by Gasteiger charge is -2.31. The second-order valence-corrected chi connectivity index (χ2v) is 9.23. The Kier molecular flexibility index (Phi) is 5.13. The molecule has 1 N–H and O–H groups in total. The van der Waals surface area contributed by atoms with Gasteiger partial charge in [0, 0.05) is 27.4 Å². The number of fused-ring (bicyclic) bond motifs is 3. The number of carbonyl (C=O) groups is 1. The number of rotatable bonds is 4. The van der Waals surface area contributed by atoms with Crippen molar-refractivity contribution in [2.24, 2.45) is 0 Å². The van der Waals surface area contributed by atoms with Gasteiger partial charge in [0.1, 0.15) is 0 Å². The number of amides is 1. The third kappa shape index (κ3) is 3.38. The summed E-state index contributed by atoms with van der Waals surface area (Å²) in [4.78, 5) is 13.1. The Bertz CT molecular complexity index is 1290. The summed E-state index contributed by atoms with van der Waals surface area (Å²) in [5.41, 5.74) is 3.72. The lowest BCUT2D eigenvalue weighted by Crippen LogP contribution is -2.34. The first-order valence-corrected chi connectivity index (χ1v) is 11.1. The third-order valence-corrected chi connectivity index (χ3v) is 7.08. The van der Waals surface area contributed by atoms with Gasteiger partial charge in [-0.3, -0.25) is 9.10 Å². The highest BCUT2D eigenvalue weighted by Crippen LogP contribution is 2.43. The molecule has 0 aromatic heterocycles. The first-order chi connectivity index (χ1) is 14.3. The number of hydrogen-bond acceptors (Lipinski definition) is 3. The molecule has 3 aromatic rings. The van der Waals surface area contributed by atoms with E-state index in [0.717, 1.165) is 5.56 Å². The van der Waals surface area contributed by atoms with Crippen LogP contribution in [-0.2, 0) is 10.0 Å². The molecule has 0 saturated heterocycles. The first-order valence-electron chi connectivity index (χ1n) is 9.27. The number of aryl methyl sites for hydroxylation is 1. The van der Waals surface area contributed by atoms with Gasteiger partial charge in [-0.1, -0.05) is 35.9 Å². The maximum atomic E-state index is 13.1. The van der Waals surface area contributed by atoms with Gasteiger partial charge in [0.05, 0.1) is 17.1 Å². The largest absolute Gasteiger partial charge is 0.322 e. The van der Waals surface area contributed by atoms with E-state index < -0.39 is 10.0 Å². The Morgan fingerprint density at radius 1 is 1.10 bits per heavy atom. The maximum Gasteiger partial charge on any atom is 0.265 e. The molecule has 0 saturated carbocycles. The summed E-state index contributed by atoms with van der Waals surface area (Å²) in [6, 6.07) is 17.0. The fourth-order valence-corrected chi connectivity index (χ4v) is 5.44. The molecule has 1 heterocycles. The van der Waals surface area contributed by atoms with Gasteiger partial charge in [-0.15, -0.1) is 6.58 Å². The lowest BCUT2D eigenvalue weighted by atomic mass is 10.00. The predicted molar refractivity (Wildman–Crippen MR) is 121 cm³/mol. The summed E-state index contributed by atoms with van der Waals surface area (Å²) < 4.78 is 27.4. The van der Waals surface area contributed by atoms with E-state index in [9.17, 15) is 13.2 Å². The van der Waals surface area contributed by atoms with Crippen LogP contribution in [0.5, 0.6) is 0 Å². The second kappa shape index (κ2) is 7.63. The van der Waals surface area contributed by atoms with Crippen LogP contribution in [0, 0.1) is 6.92 Å². The smallest absolute Gasteiger partial charge is 0.265 e. The zero-order valence-electron chi connectivity index (χ0n) is 16.2. The van der Waals surface area contributed by atoms with Crippen molar-refractivity contribution >= 4 is 38.9 Å². The van der Waals surface area contributed by atoms with E-state index >= 15 is 0 Å². The minimum atomic E-state index is -3.70. The summed E-state index contributed by atoms with van der Waals surface area (Å²) >= 11 is 5.99. The van der Waals surface area contributed by atoms with Crippen LogP contribution in [0.4, 0.5) is 11.4 Å². The fourth-order valence-electron chi connectivity index (χ4n) is 3.55. The molecule has 0 radical (unpaired) electrons. The van der Waals surface area contributed by atoms with Crippen LogP contribution in [0.1, 0.15) is 15.9 Å². The molecule has 1 aliphatic heterocycles. The van der Waals surface area contributed by atoms with Crippen molar-refractivity contribution in [3.63, 3.8) is 0 Å². The fraction of sp³-hybridized carbons (Fsp3) is 0.0870. The standard InChI is InChI=1S/C23H19ClN2O3S/c1-3-12-26-21-11-8-16(23(27)25-20-10-9-17(24)13-15(20)2)14-19(21)18-6-4-5-7-22(18)30(26,28)29/h3-11,13-14H,1,12H2,2H3,(H,25,27). The van der Waals surface area contributed by atoms with Gasteiger partial charge in [0.15, 0.2) is 0 Å². The van der Waals surface area contributed by atoms with Crippen molar-refractivity contribution < 1.29 is 13.2 Å². The van der Waals surface area contributed by atoms with Crippen molar-refractivity contribution in [3.8, 4) is 11.1 Å². The van der Waals surface area contributed by atoms with E-state index in [-0.39, 0.29) is 17.3 Å². The predicted octanol–water partition coefficient (Wildman–Crippen LogP) is 5.26. The molecule has 152 valence electrons. The molecule has 0 spiro atoms. The summed E-state index contributed by atoms with van der Waals surface area (Å²) in [7, 11) is -3.70. The normalized spacial score (nSPS) is 13.9. The lowest BCUT2D eigenvalue weighted by molar-refractivity contribution is 0.102.